The van der Waals surface area contributed by atoms with Crippen LogP contribution in [0.5, 0.6) is 0 Å². The topological polar surface area (TPSA) is 46.3 Å². The Balaban J connectivity index is 1.78. The summed E-state index contributed by atoms with van der Waals surface area (Å²) in [7, 11) is 0. The Morgan fingerprint density at radius 1 is 1.35 bits per heavy atom. The van der Waals surface area contributed by atoms with Crippen LogP contribution in [0.25, 0.3) is 0 Å². The minimum atomic E-state index is -0.0298. The third-order valence-electron chi connectivity index (χ3n) is 3.53. The zero-order valence-electron chi connectivity index (χ0n) is 11.6. The lowest BCUT2D eigenvalue weighted by atomic mass is 10.3. The molecule has 0 radical (unpaired) electrons. The van der Waals surface area contributed by atoms with Crippen molar-refractivity contribution in [2.24, 2.45) is 0 Å². The molecule has 0 N–H and O–H groups in total. The number of hydrogen-bond acceptors (Lipinski definition) is 3. The van der Waals surface area contributed by atoms with Crippen molar-refractivity contribution in [3.63, 3.8) is 0 Å². The molecule has 104 valence electrons. The molecular weight excluding hydrogens is 252 g/mol. The van der Waals surface area contributed by atoms with Gasteiger partial charge in [0.15, 0.2) is 5.76 Å². The number of nitrogens with zero attached hydrogens (tertiary/aromatic N) is 2. The van der Waals surface area contributed by atoms with Crippen molar-refractivity contribution >= 4 is 5.91 Å². The van der Waals surface area contributed by atoms with Gasteiger partial charge in [-0.05, 0) is 37.1 Å². The minimum absolute atomic E-state index is 0.0298. The maximum absolute atomic E-state index is 12.6. The summed E-state index contributed by atoms with van der Waals surface area (Å²) in [5.74, 6) is 1.25. The molecule has 2 aromatic rings. The average molecular weight is 270 g/mol. The highest BCUT2D eigenvalue weighted by Crippen LogP contribution is 2.29. The molecule has 2 heterocycles. The molecule has 4 nitrogen and oxygen atoms in total. The Hall–Kier alpha value is -2.10. The Morgan fingerprint density at radius 2 is 2.20 bits per heavy atom. The maximum Gasteiger partial charge on any atom is 0.290 e. The summed E-state index contributed by atoms with van der Waals surface area (Å²) in [6, 6.07) is 9.75. The van der Waals surface area contributed by atoms with Crippen molar-refractivity contribution in [2.75, 3.05) is 0 Å². The van der Waals surface area contributed by atoms with E-state index in [4.69, 9.17) is 4.42 Å². The number of hydrogen-bond donors (Lipinski definition) is 0. The Morgan fingerprint density at radius 3 is 2.80 bits per heavy atom. The van der Waals surface area contributed by atoms with E-state index in [0.29, 0.717) is 18.3 Å². The normalized spacial score (nSPS) is 14.2. The van der Waals surface area contributed by atoms with E-state index in [1.165, 1.54) is 0 Å². The van der Waals surface area contributed by atoms with Gasteiger partial charge in [-0.1, -0.05) is 13.0 Å². The van der Waals surface area contributed by atoms with E-state index in [1.54, 1.807) is 12.3 Å². The molecule has 1 aliphatic carbocycles. The quantitative estimate of drug-likeness (QED) is 0.839. The Kier molecular flexibility index (Phi) is 3.54. The number of furan rings is 1. The fourth-order valence-electron chi connectivity index (χ4n) is 2.24. The molecule has 20 heavy (non-hydrogen) atoms. The molecule has 0 atom stereocenters. The zero-order valence-corrected chi connectivity index (χ0v) is 11.6. The number of rotatable bonds is 5. The van der Waals surface area contributed by atoms with Gasteiger partial charge in [-0.25, -0.2) is 0 Å². The molecule has 0 spiro atoms. The van der Waals surface area contributed by atoms with Crippen molar-refractivity contribution < 1.29 is 9.21 Å². The highest BCUT2D eigenvalue weighted by Gasteiger charge is 2.34. The van der Waals surface area contributed by atoms with E-state index < -0.39 is 0 Å². The van der Waals surface area contributed by atoms with Crippen molar-refractivity contribution in [1.82, 2.24) is 9.88 Å². The van der Waals surface area contributed by atoms with Gasteiger partial charge in [0.1, 0.15) is 5.76 Å². The van der Waals surface area contributed by atoms with Crippen LogP contribution in [0.15, 0.2) is 40.9 Å². The maximum atomic E-state index is 12.6. The van der Waals surface area contributed by atoms with E-state index in [1.807, 2.05) is 36.1 Å². The van der Waals surface area contributed by atoms with Gasteiger partial charge in [0.25, 0.3) is 5.91 Å². The predicted molar refractivity (Wildman–Crippen MR) is 75.2 cm³/mol. The molecular formula is C16H18N2O2. The number of aryl methyl sites for hydroxylation is 1. The smallest absolute Gasteiger partial charge is 0.290 e. The highest BCUT2D eigenvalue weighted by molar-refractivity contribution is 5.92. The molecule has 2 aromatic heterocycles. The molecule has 0 unspecified atom stereocenters. The monoisotopic (exact) mass is 270 g/mol. The van der Waals surface area contributed by atoms with E-state index in [2.05, 4.69) is 4.98 Å². The van der Waals surface area contributed by atoms with Crippen LogP contribution in [0.2, 0.25) is 0 Å². The summed E-state index contributed by atoms with van der Waals surface area (Å²) in [5, 5.41) is 0. The highest BCUT2D eigenvalue weighted by atomic mass is 16.4. The first-order chi connectivity index (χ1) is 9.78. The number of carbonyl (C=O) groups is 1. The summed E-state index contributed by atoms with van der Waals surface area (Å²) in [6.07, 6.45) is 4.70. The van der Waals surface area contributed by atoms with Crippen molar-refractivity contribution in [1.29, 1.82) is 0 Å². The third kappa shape index (κ3) is 2.74. The van der Waals surface area contributed by atoms with Crippen molar-refractivity contribution in [3.8, 4) is 0 Å². The summed E-state index contributed by atoms with van der Waals surface area (Å²) in [5.41, 5.74) is 0.912. The second kappa shape index (κ2) is 5.49. The van der Waals surface area contributed by atoms with E-state index in [-0.39, 0.29) is 5.91 Å². The molecule has 1 fully saturated rings. The van der Waals surface area contributed by atoms with Gasteiger partial charge in [0.05, 0.1) is 12.2 Å². The van der Waals surface area contributed by atoms with Crippen LogP contribution in [0.4, 0.5) is 0 Å². The summed E-state index contributed by atoms with van der Waals surface area (Å²) in [4.78, 5) is 18.7. The Labute approximate surface area is 118 Å². The van der Waals surface area contributed by atoms with Crippen LogP contribution in [0.3, 0.4) is 0 Å². The molecule has 1 saturated carbocycles. The van der Waals surface area contributed by atoms with Gasteiger partial charge in [0.2, 0.25) is 0 Å². The standard InChI is InChI=1S/C16H18N2O2/c1-2-14-8-9-15(20-14)16(19)18(13-6-7-13)11-12-5-3-4-10-17-12/h3-5,8-10,13H,2,6-7,11H2,1H3. The molecule has 1 aliphatic rings. The molecule has 1 amide bonds. The fourth-order valence-corrected chi connectivity index (χ4v) is 2.24. The summed E-state index contributed by atoms with van der Waals surface area (Å²) in [6.45, 7) is 2.56. The lowest BCUT2D eigenvalue weighted by molar-refractivity contribution is 0.0693. The van der Waals surface area contributed by atoms with Crippen LogP contribution in [0.1, 0.15) is 41.8 Å². The molecule has 0 aliphatic heterocycles. The first kappa shape index (κ1) is 12.9. The first-order valence-electron chi connectivity index (χ1n) is 7.07. The van der Waals surface area contributed by atoms with E-state index in [0.717, 1.165) is 30.7 Å². The number of pyridine rings is 1. The van der Waals surface area contributed by atoms with E-state index in [9.17, 15) is 4.79 Å². The number of carbonyl (C=O) groups excluding carboxylic acids is 1. The Bertz CT molecular complexity index is 588. The third-order valence-corrected chi connectivity index (χ3v) is 3.53. The van der Waals surface area contributed by atoms with Crippen LogP contribution in [0, 0.1) is 0 Å². The molecule has 4 heteroatoms. The summed E-state index contributed by atoms with van der Waals surface area (Å²) < 4.78 is 5.58. The molecule has 0 bridgehead atoms. The van der Waals surface area contributed by atoms with Crippen LogP contribution >= 0.6 is 0 Å². The van der Waals surface area contributed by atoms with Gasteiger partial charge in [-0.3, -0.25) is 9.78 Å². The second-order valence-electron chi connectivity index (χ2n) is 5.10. The molecule has 0 saturated heterocycles. The van der Waals surface area contributed by atoms with Crippen LogP contribution in [-0.2, 0) is 13.0 Å². The van der Waals surface area contributed by atoms with Gasteiger partial charge >= 0.3 is 0 Å². The first-order valence-corrected chi connectivity index (χ1v) is 7.07. The molecule has 3 rings (SSSR count). The fraction of sp³-hybridized carbons (Fsp3) is 0.375. The van der Waals surface area contributed by atoms with Crippen LogP contribution in [-0.4, -0.2) is 21.8 Å². The average Bonchev–Trinajstić information content (AvgIpc) is 3.21. The number of amides is 1. The SMILES string of the molecule is CCc1ccc(C(=O)N(Cc2ccccn2)C2CC2)o1. The zero-order chi connectivity index (χ0) is 13.9. The van der Waals surface area contributed by atoms with Gasteiger partial charge < -0.3 is 9.32 Å². The van der Waals surface area contributed by atoms with Crippen LogP contribution < -0.4 is 0 Å². The van der Waals surface area contributed by atoms with Crippen molar-refractivity contribution in [3.05, 3.63) is 53.7 Å². The molecule has 0 aromatic carbocycles. The predicted octanol–water partition coefficient (Wildman–Crippen LogP) is 3.04. The second-order valence-corrected chi connectivity index (χ2v) is 5.10. The van der Waals surface area contributed by atoms with Gasteiger partial charge in [-0.15, -0.1) is 0 Å². The lowest BCUT2D eigenvalue weighted by Gasteiger charge is -2.20. The van der Waals surface area contributed by atoms with Gasteiger partial charge in [-0.2, -0.15) is 0 Å². The largest absolute Gasteiger partial charge is 0.456 e. The van der Waals surface area contributed by atoms with Crippen molar-refractivity contribution in [2.45, 2.75) is 38.8 Å². The van der Waals surface area contributed by atoms with Gasteiger partial charge in [0, 0.05) is 18.7 Å². The summed E-state index contributed by atoms with van der Waals surface area (Å²) >= 11 is 0. The minimum Gasteiger partial charge on any atom is -0.456 e. The lowest BCUT2D eigenvalue weighted by Crippen LogP contribution is -2.32. The van der Waals surface area contributed by atoms with E-state index >= 15 is 0 Å². The number of aromatic nitrogens is 1.